The molecule has 1 heterocycles. The standard InChI is InChI=1S/C26H42O4/c1-4-5-6-7-8-16-19(24(28)29)10-9-17-18-11-12-25(3)21(27)14-22-26(25,30-22)23(18)15(2)13-20(16)17/h15-23,27H,4-14H2,1-3H3,(H,28,29)/t15-,16?,17?,18-,19?,20?,21+,22-,23-,25-,26+/m1/s1. The second-order valence-electron chi connectivity index (χ2n) is 11.9. The van der Waals surface area contributed by atoms with Gasteiger partial charge in [-0.2, -0.15) is 0 Å². The Morgan fingerprint density at radius 3 is 2.60 bits per heavy atom. The highest BCUT2D eigenvalue weighted by Gasteiger charge is 2.80. The third-order valence-corrected chi connectivity index (χ3v) is 10.7. The van der Waals surface area contributed by atoms with Crippen molar-refractivity contribution >= 4 is 5.97 Å². The Hall–Kier alpha value is -0.610. The molecule has 0 aromatic rings. The largest absolute Gasteiger partial charge is 0.481 e. The van der Waals surface area contributed by atoms with Crippen LogP contribution in [-0.2, 0) is 9.53 Å². The van der Waals surface area contributed by atoms with Crippen molar-refractivity contribution in [3.8, 4) is 0 Å². The van der Waals surface area contributed by atoms with Crippen molar-refractivity contribution in [2.75, 3.05) is 0 Å². The lowest BCUT2D eigenvalue weighted by Gasteiger charge is -2.59. The van der Waals surface area contributed by atoms with Gasteiger partial charge in [0.05, 0.1) is 18.1 Å². The minimum atomic E-state index is -0.553. The summed E-state index contributed by atoms with van der Waals surface area (Å²) in [4.78, 5) is 12.1. The summed E-state index contributed by atoms with van der Waals surface area (Å²) in [6.45, 7) is 6.94. The summed E-state index contributed by atoms with van der Waals surface area (Å²) >= 11 is 0. The maximum absolute atomic E-state index is 12.1. The van der Waals surface area contributed by atoms with E-state index in [2.05, 4.69) is 20.8 Å². The molecule has 4 saturated carbocycles. The van der Waals surface area contributed by atoms with Gasteiger partial charge in [0.25, 0.3) is 0 Å². The Balaban J connectivity index is 1.39. The number of fused-ring (bicyclic) bond motifs is 3. The number of unbranched alkanes of at least 4 members (excludes halogenated alkanes) is 3. The molecule has 0 radical (unpaired) electrons. The SMILES string of the molecule is CCCCCCC1C(C(=O)O)CCC2C1C[C@@H](C)[C@@H]1[C@@H]2CC[C@]2(C)[C@@H](O)C[C@H]3O[C@]132. The van der Waals surface area contributed by atoms with Gasteiger partial charge in [0.15, 0.2) is 0 Å². The van der Waals surface area contributed by atoms with Crippen LogP contribution < -0.4 is 0 Å². The van der Waals surface area contributed by atoms with E-state index in [9.17, 15) is 15.0 Å². The maximum Gasteiger partial charge on any atom is 0.306 e. The molecule has 5 aliphatic rings. The number of rotatable bonds is 6. The monoisotopic (exact) mass is 418 g/mol. The summed E-state index contributed by atoms with van der Waals surface area (Å²) in [5, 5.41) is 20.8. The number of hydrogen-bond donors (Lipinski definition) is 2. The molecule has 0 bridgehead atoms. The van der Waals surface area contributed by atoms with Crippen LogP contribution in [0.15, 0.2) is 0 Å². The van der Waals surface area contributed by atoms with Crippen LogP contribution in [0.1, 0.15) is 91.4 Å². The summed E-state index contributed by atoms with van der Waals surface area (Å²) < 4.78 is 6.46. The van der Waals surface area contributed by atoms with E-state index in [1.165, 1.54) is 32.1 Å². The van der Waals surface area contributed by atoms with E-state index in [1.807, 2.05) is 0 Å². The van der Waals surface area contributed by atoms with Gasteiger partial charge in [-0.25, -0.2) is 0 Å². The third kappa shape index (κ3) is 2.81. The second kappa shape index (κ2) is 7.47. The number of aliphatic carboxylic acids is 1. The van der Waals surface area contributed by atoms with Gasteiger partial charge in [0, 0.05) is 11.8 Å². The number of epoxide rings is 1. The predicted octanol–water partition coefficient (Wildman–Crippen LogP) is 5.27. The second-order valence-corrected chi connectivity index (χ2v) is 11.9. The first-order valence-corrected chi connectivity index (χ1v) is 12.9. The maximum atomic E-state index is 12.1. The van der Waals surface area contributed by atoms with Gasteiger partial charge >= 0.3 is 5.97 Å². The molecule has 11 atom stereocenters. The third-order valence-electron chi connectivity index (χ3n) is 10.7. The first-order valence-electron chi connectivity index (χ1n) is 12.9. The Labute approximate surface area is 182 Å². The summed E-state index contributed by atoms with van der Waals surface area (Å²) in [5.41, 5.74) is -0.155. The molecule has 1 saturated heterocycles. The molecule has 4 unspecified atom stereocenters. The zero-order chi connectivity index (χ0) is 21.3. The topological polar surface area (TPSA) is 70.1 Å². The number of carbonyl (C=O) groups is 1. The molecule has 5 fully saturated rings. The summed E-state index contributed by atoms with van der Waals surface area (Å²) in [7, 11) is 0. The summed E-state index contributed by atoms with van der Waals surface area (Å²) in [6.07, 6.45) is 12.3. The quantitative estimate of drug-likeness (QED) is 0.455. The fourth-order valence-electron chi connectivity index (χ4n) is 9.38. The summed E-state index contributed by atoms with van der Waals surface area (Å²) in [6, 6.07) is 0. The van der Waals surface area contributed by atoms with Crippen LogP contribution in [0, 0.1) is 46.8 Å². The molecule has 30 heavy (non-hydrogen) atoms. The van der Waals surface area contributed by atoms with Gasteiger partial charge in [-0.1, -0.05) is 46.5 Å². The highest BCUT2D eigenvalue weighted by atomic mass is 16.6. The van der Waals surface area contributed by atoms with Crippen molar-refractivity contribution in [3.63, 3.8) is 0 Å². The van der Waals surface area contributed by atoms with Gasteiger partial charge in [-0.15, -0.1) is 0 Å². The lowest BCUT2D eigenvalue weighted by atomic mass is 9.45. The minimum Gasteiger partial charge on any atom is -0.481 e. The van der Waals surface area contributed by atoms with Gasteiger partial charge in [-0.3, -0.25) is 4.79 Å². The number of carboxylic acid groups (broad SMARTS) is 1. The Kier molecular flexibility index (Phi) is 5.29. The van der Waals surface area contributed by atoms with Crippen molar-refractivity contribution in [1.82, 2.24) is 0 Å². The molecule has 4 nitrogen and oxygen atoms in total. The first kappa shape index (κ1) is 21.2. The van der Waals surface area contributed by atoms with Crippen LogP contribution in [-0.4, -0.2) is 34.0 Å². The number of aliphatic hydroxyl groups excluding tert-OH is 1. The summed E-state index contributed by atoms with van der Waals surface area (Å²) in [5.74, 6) is 2.69. The Morgan fingerprint density at radius 2 is 1.87 bits per heavy atom. The van der Waals surface area contributed by atoms with Gasteiger partial charge in [0.1, 0.15) is 5.60 Å². The van der Waals surface area contributed by atoms with Crippen molar-refractivity contribution in [3.05, 3.63) is 0 Å². The number of hydrogen-bond acceptors (Lipinski definition) is 3. The van der Waals surface area contributed by atoms with Crippen molar-refractivity contribution in [2.24, 2.45) is 46.8 Å². The van der Waals surface area contributed by atoms with Crippen LogP contribution >= 0.6 is 0 Å². The molecule has 4 aliphatic carbocycles. The first-order chi connectivity index (χ1) is 14.3. The number of carboxylic acids is 1. The molecular formula is C26H42O4. The molecule has 0 aromatic heterocycles. The fourth-order valence-corrected chi connectivity index (χ4v) is 9.38. The zero-order valence-electron chi connectivity index (χ0n) is 19.2. The Morgan fingerprint density at radius 1 is 1.07 bits per heavy atom. The van der Waals surface area contributed by atoms with Gasteiger partial charge < -0.3 is 14.9 Å². The minimum absolute atomic E-state index is 0.0717. The molecular weight excluding hydrogens is 376 g/mol. The molecule has 4 heteroatoms. The molecule has 2 N–H and O–H groups in total. The van der Waals surface area contributed by atoms with E-state index in [-0.39, 0.29) is 29.1 Å². The molecule has 1 spiro atoms. The van der Waals surface area contributed by atoms with E-state index in [0.717, 1.165) is 38.5 Å². The van der Waals surface area contributed by atoms with Crippen LogP contribution in [0.3, 0.4) is 0 Å². The molecule has 170 valence electrons. The van der Waals surface area contributed by atoms with Crippen LogP contribution in [0.4, 0.5) is 0 Å². The zero-order valence-corrected chi connectivity index (χ0v) is 19.2. The van der Waals surface area contributed by atoms with Crippen molar-refractivity contribution in [2.45, 2.75) is 109 Å². The van der Waals surface area contributed by atoms with Crippen LogP contribution in [0.25, 0.3) is 0 Å². The number of aliphatic hydroxyl groups is 1. The molecule has 5 rings (SSSR count). The average molecular weight is 419 g/mol. The van der Waals surface area contributed by atoms with Gasteiger partial charge in [0.2, 0.25) is 0 Å². The van der Waals surface area contributed by atoms with E-state index in [0.29, 0.717) is 35.5 Å². The fraction of sp³-hybridized carbons (Fsp3) is 0.962. The van der Waals surface area contributed by atoms with E-state index >= 15 is 0 Å². The molecule has 0 aromatic carbocycles. The van der Waals surface area contributed by atoms with E-state index in [1.54, 1.807) is 0 Å². The lowest BCUT2D eigenvalue weighted by molar-refractivity contribution is -0.163. The highest BCUT2D eigenvalue weighted by Crippen LogP contribution is 2.74. The van der Waals surface area contributed by atoms with Crippen molar-refractivity contribution in [1.29, 1.82) is 0 Å². The Bertz CT molecular complexity index is 678. The highest BCUT2D eigenvalue weighted by molar-refractivity contribution is 5.70. The van der Waals surface area contributed by atoms with E-state index < -0.39 is 5.97 Å². The van der Waals surface area contributed by atoms with Crippen LogP contribution in [0.5, 0.6) is 0 Å². The van der Waals surface area contributed by atoms with E-state index in [4.69, 9.17) is 4.74 Å². The molecule has 1 aliphatic heterocycles. The van der Waals surface area contributed by atoms with Crippen LogP contribution in [0.2, 0.25) is 0 Å². The smallest absolute Gasteiger partial charge is 0.306 e. The number of ether oxygens (including phenoxy) is 1. The average Bonchev–Trinajstić information content (AvgIpc) is 3.36. The van der Waals surface area contributed by atoms with Crippen molar-refractivity contribution < 1.29 is 19.7 Å². The lowest BCUT2D eigenvalue weighted by Crippen LogP contribution is -2.59. The predicted molar refractivity (Wildman–Crippen MR) is 116 cm³/mol. The van der Waals surface area contributed by atoms with Gasteiger partial charge in [-0.05, 0) is 74.0 Å². The molecule has 0 amide bonds. The normalized spacial score (nSPS) is 53.9.